The van der Waals surface area contributed by atoms with Crippen molar-refractivity contribution in [3.05, 3.63) is 33.3 Å². The first-order valence-corrected chi connectivity index (χ1v) is 5.79. The molecular formula is C10H9ClN6O4. The van der Waals surface area contributed by atoms with Crippen molar-refractivity contribution in [2.24, 2.45) is 5.84 Å². The van der Waals surface area contributed by atoms with Crippen molar-refractivity contribution in [3.8, 4) is 17.8 Å². The molecule has 0 aliphatic heterocycles. The Morgan fingerprint density at radius 1 is 1.33 bits per heavy atom. The van der Waals surface area contributed by atoms with Gasteiger partial charge in [-0.25, -0.2) is 5.84 Å². The minimum atomic E-state index is -0.637. The van der Waals surface area contributed by atoms with Crippen LogP contribution in [0.2, 0.25) is 5.02 Å². The van der Waals surface area contributed by atoms with E-state index in [1.54, 1.807) is 0 Å². The molecular weight excluding hydrogens is 304 g/mol. The van der Waals surface area contributed by atoms with Gasteiger partial charge in [0.1, 0.15) is 0 Å². The van der Waals surface area contributed by atoms with E-state index in [9.17, 15) is 10.1 Å². The number of benzene rings is 1. The van der Waals surface area contributed by atoms with E-state index >= 15 is 0 Å². The summed E-state index contributed by atoms with van der Waals surface area (Å²) in [5, 5.41) is 11.2. The number of hydrogen-bond donors (Lipinski definition) is 2. The van der Waals surface area contributed by atoms with Crippen LogP contribution >= 0.6 is 11.6 Å². The Morgan fingerprint density at radius 3 is 2.67 bits per heavy atom. The van der Waals surface area contributed by atoms with Crippen molar-refractivity contribution >= 4 is 23.2 Å². The summed E-state index contributed by atoms with van der Waals surface area (Å²) in [6.07, 6.45) is 0. The number of nitrogens with one attached hydrogen (secondary N) is 1. The number of nitro benzene ring substituents is 1. The Hall–Kier alpha value is -2.72. The largest absolute Gasteiger partial charge is 0.467 e. The molecule has 10 nitrogen and oxygen atoms in total. The van der Waals surface area contributed by atoms with Gasteiger partial charge >= 0.3 is 17.7 Å². The average molecular weight is 313 g/mol. The summed E-state index contributed by atoms with van der Waals surface area (Å²) in [7, 11) is 1.34. The lowest BCUT2D eigenvalue weighted by molar-refractivity contribution is -0.385. The van der Waals surface area contributed by atoms with Crippen LogP contribution in [0.15, 0.2) is 18.2 Å². The van der Waals surface area contributed by atoms with E-state index in [1.165, 1.54) is 19.2 Å². The van der Waals surface area contributed by atoms with Gasteiger partial charge in [-0.1, -0.05) is 11.6 Å². The Kier molecular flexibility index (Phi) is 4.30. The summed E-state index contributed by atoms with van der Waals surface area (Å²) in [5.74, 6) is 5.09. The van der Waals surface area contributed by atoms with Gasteiger partial charge in [0, 0.05) is 11.1 Å². The van der Waals surface area contributed by atoms with Crippen LogP contribution in [0.3, 0.4) is 0 Å². The predicted molar refractivity (Wildman–Crippen MR) is 72.4 cm³/mol. The van der Waals surface area contributed by atoms with E-state index in [0.29, 0.717) is 0 Å². The third-order valence-electron chi connectivity index (χ3n) is 2.22. The van der Waals surface area contributed by atoms with E-state index < -0.39 is 4.92 Å². The summed E-state index contributed by atoms with van der Waals surface area (Å²) < 4.78 is 10.1. The molecule has 1 aromatic carbocycles. The minimum Gasteiger partial charge on any atom is -0.467 e. The summed E-state index contributed by atoms with van der Waals surface area (Å²) in [6, 6.07) is 3.62. The normalized spacial score (nSPS) is 10.0. The first-order chi connectivity index (χ1) is 10.0. The molecule has 0 aliphatic rings. The zero-order valence-electron chi connectivity index (χ0n) is 10.6. The fourth-order valence-corrected chi connectivity index (χ4v) is 1.52. The first-order valence-electron chi connectivity index (χ1n) is 5.42. The molecule has 0 unspecified atom stereocenters. The number of ether oxygens (including phenoxy) is 2. The van der Waals surface area contributed by atoms with Gasteiger partial charge in [-0.05, 0) is 12.1 Å². The second-order valence-electron chi connectivity index (χ2n) is 3.54. The van der Waals surface area contributed by atoms with E-state index in [0.717, 1.165) is 6.07 Å². The van der Waals surface area contributed by atoms with Crippen molar-refractivity contribution in [2.45, 2.75) is 0 Å². The lowest BCUT2D eigenvalue weighted by Gasteiger charge is -2.07. The monoisotopic (exact) mass is 312 g/mol. The summed E-state index contributed by atoms with van der Waals surface area (Å²) >= 11 is 5.71. The van der Waals surface area contributed by atoms with Crippen molar-refractivity contribution in [3.63, 3.8) is 0 Å². The molecule has 0 fully saturated rings. The Morgan fingerprint density at radius 2 is 2.05 bits per heavy atom. The van der Waals surface area contributed by atoms with E-state index in [1.807, 2.05) is 0 Å². The molecule has 0 saturated carbocycles. The lowest BCUT2D eigenvalue weighted by Crippen LogP contribution is -2.12. The number of rotatable bonds is 5. The van der Waals surface area contributed by atoms with E-state index in [4.69, 9.17) is 26.9 Å². The van der Waals surface area contributed by atoms with Crippen LogP contribution in [0.1, 0.15) is 0 Å². The number of hydrazine groups is 1. The highest BCUT2D eigenvalue weighted by Gasteiger charge is 2.18. The molecule has 0 radical (unpaired) electrons. The molecule has 3 N–H and O–H groups in total. The van der Waals surface area contributed by atoms with Crippen LogP contribution in [-0.4, -0.2) is 27.0 Å². The smallest absolute Gasteiger partial charge is 0.330 e. The van der Waals surface area contributed by atoms with E-state index in [-0.39, 0.29) is 34.4 Å². The molecule has 110 valence electrons. The van der Waals surface area contributed by atoms with Gasteiger partial charge in [-0.2, -0.15) is 9.97 Å². The van der Waals surface area contributed by atoms with Gasteiger partial charge in [-0.15, -0.1) is 4.98 Å². The summed E-state index contributed by atoms with van der Waals surface area (Å²) in [5.41, 5.74) is 1.87. The van der Waals surface area contributed by atoms with Crippen LogP contribution in [-0.2, 0) is 0 Å². The minimum absolute atomic E-state index is 0.0199. The molecule has 0 atom stereocenters. The molecule has 2 aromatic rings. The van der Waals surface area contributed by atoms with Crippen molar-refractivity contribution in [1.82, 2.24) is 15.0 Å². The molecule has 1 aromatic heterocycles. The standard InChI is InChI=1S/C10H9ClN6O4/c1-20-9-13-8(16-12)14-10(15-9)21-7-3-2-5(11)4-6(7)17(18)19/h2-4H,12H2,1H3,(H,13,14,15,16). The molecule has 2 rings (SSSR count). The highest BCUT2D eigenvalue weighted by molar-refractivity contribution is 6.30. The summed E-state index contributed by atoms with van der Waals surface area (Å²) in [4.78, 5) is 21.7. The Bertz CT molecular complexity index is 660. The SMILES string of the molecule is COc1nc(NN)nc(Oc2ccc(Cl)cc2[N+](=O)[O-])n1. The third kappa shape index (κ3) is 3.43. The number of halogens is 1. The average Bonchev–Trinajstić information content (AvgIpc) is 2.48. The van der Waals surface area contributed by atoms with Gasteiger partial charge in [0.05, 0.1) is 12.0 Å². The third-order valence-corrected chi connectivity index (χ3v) is 2.46. The molecule has 0 spiro atoms. The molecule has 0 saturated heterocycles. The lowest BCUT2D eigenvalue weighted by atomic mass is 10.3. The molecule has 0 bridgehead atoms. The fourth-order valence-electron chi connectivity index (χ4n) is 1.36. The maximum absolute atomic E-state index is 11.0. The molecule has 11 heteroatoms. The van der Waals surface area contributed by atoms with Gasteiger partial charge < -0.3 is 9.47 Å². The number of nitrogens with two attached hydrogens (primary N) is 1. The molecule has 0 aliphatic carbocycles. The first kappa shape index (κ1) is 14.7. The number of nitro groups is 1. The van der Waals surface area contributed by atoms with Gasteiger partial charge in [0.15, 0.2) is 0 Å². The van der Waals surface area contributed by atoms with Gasteiger partial charge in [0.2, 0.25) is 11.7 Å². The predicted octanol–water partition coefficient (Wildman–Crippen LogP) is 1.52. The maximum atomic E-state index is 11.0. The second kappa shape index (κ2) is 6.15. The Labute approximate surface area is 123 Å². The van der Waals surface area contributed by atoms with Crippen LogP contribution in [0, 0.1) is 10.1 Å². The number of hydrogen-bond acceptors (Lipinski definition) is 9. The molecule has 1 heterocycles. The second-order valence-corrected chi connectivity index (χ2v) is 3.98. The van der Waals surface area contributed by atoms with E-state index in [2.05, 4.69) is 20.4 Å². The van der Waals surface area contributed by atoms with Crippen molar-refractivity contribution < 1.29 is 14.4 Å². The maximum Gasteiger partial charge on any atom is 0.330 e. The molecule has 21 heavy (non-hydrogen) atoms. The zero-order valence-corrected chi connectivity index (χ0v) is 11.4. The number of nitrogen functional groups attached to an aromatic ring is 1. The number of aromatic nitrogens is 3. The highest BCUT2D eigenvalue weighted by atomic mass is 35.5. The summed E-state index contributed by atoms with van der Waals surface area (Å²) in [6.45, 7) is 0. The van der Waals surface area contributed by atoms with Crippen LogP contribution in [0.4, 0.5) is 11.6 Å². The zero-order chi connectivity index (χ0) is 15.4. The van der Waals surface area contributed by atoms with Crippen LogP contribution < -0.4 is 20.7 Å². The van der Waals surface area contributed by atoms with Crippen molar-refractivity contribution in [1.29, 1.82) is 0 Å². The van der Waals surface area contributed by atoms with Crippen molar-refractivity contribution in [2.75, 3.05) is 12.5 Å². The fraction of sp³-hybridized carbons (Fsp3) is 0.100. The number of anilines is 1. The highest BCUT2D eigenvalue weighted by Crippen LogP contribution is 2.32. The van der Waals surface area contributed by atoms with Crippen LogP contribution in [0.25, 0.3) is 0 Å². The van der Waals surface area contributed by atoms with Gasteiger partial charge in [0.25, 0.3) is 0 Å². The van der Waals surface area contributed by atoms with Crippen LogP contribution in [0.5, 0.6) is 17.8 Å². The quantitative estimate of drug-likeness (QED) is 0.477. The molecule has 0 amide bonds. The number of nitrogens with zero attached hydrogens (tertiary/aromatic N) is 4. The topological polar surface area (TPSA) is 138 Å². The Balaban J connectivity index is 2.40. The van der Waals surface area contributed by atoms with Gasteiger partial charge in [-0.3, -0.25) is 15.5 Å². The number of methoxy groups -OCH3 is 1.